The maximum Gasteiger partial charge on any atom is 0.171 e. The predicted molar refractivity (Wildman–Crippen MR) is 59.8 cm³/mol. The number of anilines is 1. The first kappa shape index (κ1) is 11.2. The first-order chi connectivity index (χ1) is 6.65. The lowest BCUT2D eigenvalue weighted by molar-refractivity contribution is 0.557. The minimum Gasteiger partial charge on any atom is -0.357 e. The van der Waals surface area contributed by atoms with Crippen LogP contribution in [0.1, 0.15) is 20.3 Å². The van der Waals surface area contributed by atoms with E-state index in [1.807, 2.05) is 11.9 Å². The Bertz CT molecular complexity index is 290. The summed E-state index contributed by atoms with van der Waals surface area (Å²) in [6.45, 7) is 5.34. The van der Waals surface area contributed by atoms with E-state index in [1.54, 1.807) is 12.4 Å². The lowest BCUT2D eigenvalue weighted by Gasteiger charge is -2.21. The standard InChI is InChI=1S/C10H16ClN3/c1-4-8(2)7-14(3)10-9(11)12-5-6-13-10/h5-6,8H,4,7H2,1-3H3. The van der Waals surface area contributed by atoms with E-state index < -0.39 is 0 Å². The molecule has 0 saturated heterocycles. The predicted octanol–water partition coefficient (Wildman–Crippen LogP) is 2.61. The van der Waals surface area contributed by atoms with Crippen LogP contribution >= 0.6 is 11.6 Å². The highest BCUT2D eigenvalue weighted by Crippen LogP contribution is 2.19. The molecule has 1 atom stereocenters. The topological polar surface area (TPSA) is 29.0 Å². The van der Waals surface area contributed by atoms with Crippen LogP contribution in [-0.2, 0) is 0 Å². The van der Waals surface area contributed by atoms with Gasteiger partial charge in [-0.3, -0.25) is 0 Å². The van der Waals surface area contributed by atoms with Crippen LogP contribution < -0.4 is 4.90 Å². The summed E-state index contributed by atoms with van der Waals surface area (Å²) >= 11 is 5.93. The van der Waals surface area contributed by atoms with Crippen LogP contribution in [-0.4, -0.2) is 23.6 Å². The molecule has 0 aliphatic carbocycles. The van der Waals surface area contributed by atoms with E-state index in [9.17, 15) is 0 Å². The molecule has 1 rings (SSSR count). The van der Waals surface area contributed by atoms with Crippen molar-refractivity contribution in [1.82, 2.24) is 9.97 Å². The zero-order chi connectivity index (χ0) is 10.6. The van der Waals surface area contributed by atoms with Gasteiger partial charge in [0, 0.05) is 26.0 Å². The van der Waals surface area contributed by atoms with Gasteiger partial charge < -0.3 is 4.90 Å². The SMILES string of the molecule is CCC(C)CN(C)c1nccnc1Cl. The van der Waals surface area contributed by atoms with Crippen molar-refractivity contribution in [1.29, 1.82) is 0 Å². The van der Waals surface area contributed by atoms with E-state index in [1.165, 1.54) is 0 Å². The summed E-state index contributed by atoms with van der Waals surface area (Å²) in [4.78, 5) is 10.2. The minimum absolute atomic E-state index is 0.471. The first-order valence-corrected chi connectivity index (χ1v) is 5.20. The lowest BCUT2D eigenvalue weighted by atomic mass is 10.1. The molecule has 1 unspecified atom stereocenters. The van der Waals surface area contributed by atoms with E-state index in [-0.39, 0.29) is 0 Å². The smallest absolute Gasteiger partial charge is 0.171 e. The first-order valence-electron chi connectivity index (χ1n) is 4.82. The minimum atomic E-state index is 0.471. The van der Waals surface area contributed by atoms with E-state index in [0.717, 1.165) is 18.8 Å². The molecule has 0 N–H and O–H groups in total. The molecule has 4 heteroatoms. The van der Waals surface area contributed by atoms with Crippen LogP contribution in [0, 0.1) is 5.92 Å². The van der Waals surface area contributed by atoms with Gasteiger partial charge >= 0.3 is 0 Å². The van der Waals surface area contributed by atoms with Crippen molar-refractivity contribution in [2.24, 2.45) is 5.92 Å². The second-order valence-corrected chi connectivity index (χ2v) is 3.92. The van der Waals surface area contributed by atoms with Gasteiger partial charge in [0.2, 0.25) is 0 Å². The van der Waals surface area contributed by atoms with E-state index >= 15 is 0 Å². The molecule has 0 saturated carbocycles. The van der Waals surface area contributed by atoms with E-state index in [2.05, 4.69) is 23.8 Å². The summed E-state index contributed by atoms with van der Waals surface area (Å²) < 4.78 is 0. The maximum absolute atomic E-state index is 5.93. The van der Waals surface area contributed by atoms with Crippen molar-refractivity contribution in [3.63, 3.8) is 0 Å². The molecule has 0 amide bonds. The van der Waals surface area contributed by atoms with Crippen molar-refractivity contribution < 1.29 is 0 Å². The quantitative estimate of drug-likeness (QED) is 0.770. The second-order valence-electron chi connectivity index (χ2n) is 3.56. The number of hydrogen-bond donors (Lipinski definition) is 0. The van der Waals surface area contributed by atoms with Crippen LogP contribution in [0.4, 0.5) is 5.82 Å². The van der Waals surface area contributed by atoms with Gasteiger partial charge in [-0.25, -0.2) is 9.97 Å². The molecular weight excluding hydrogens is 198 g/mol. The van der Waals surface area contributed by atoms with Gasteiger partial charge in [-0.1, -0.05) is 31.9 Å². The summed E-state index contributed by atoms with van der Waals surface area (Å²) in [5.74, 6) is 1.40. The highest BCUT2D eigenvalue weighted by Gasteiger charge is 2.10. The van der Waals surface area contributed by atoms with Gasteiger partial charge in [-0.15, -0.1) is 0 Å². The second kappa shape index (κ2) is 5.15. The fourth-order valence-corrected chi connectivity index (χ4v) is 1.50. The Kier molecular flexibility index (Phi) is 4.14. The van der Waals surface area contributed by atoms with Crippen molar-refractivity contribution in [2.45, 2.75) is 20.3 Å². The number of halogens is 1. The summed E-state index contributed by atoms with van der Waals surface area (Å²) in [5, 5.41) is 0.471. The highest BCUT2D eigenvalue weighted by atomic mass is 35.5. The Morgan fingerprint density at radius 2 is 2.07 bits per heavy atom. The van der Waals surface area contributed by atoms with Crippen LogP contribution in [0.3, 0.4) is 0 Å². The average Bonchev–Trinajstić information content (AvgIpc) is 2.18. The monoisotopic (exact) mass is 213 g/mol. The van der Waals surface area contributed by atoms with Crippen molar-refractivity contribution in [3.8, 4) is 0 Å². The van der Waals surface area contributed by atoms with Crippen molar-refractivity contribution >= 4 is 17.4 Å². The molecule has 0 aliphatic rings. The maximum atomic E-state index is 5.93. The van der Waals surface area contributed by atoms with Crippen molar-refractivity contribution in [2.75, 3.05) is 18.5 Å². The number of hydrogen-bond acceptors (Lipinski definition) is 3. The van der Waals surface area contributed by atoms with Gasteiger partial charge in [0.15, 0.2) is 11.0 Å². The molecule has 0 bridgehead atoms. The third-order valence-electron chi connectivity index (χ3n) is 2.28. The zero-order valence-electron chi connectivity index (χ0n) is 8.87. The summed E-state index contributed by atoms with van der Waals surface area (Å²) in [7, 11) is 1.99. The van der Waals surface area contributed by atoms with Gasteiger partial charge in [0.1, 0.15) is 0 Å². The Balaban J connectivity index is 2.69. The molecule has 1 aromatic rings. The largest absolute Gasteiger partial charge is 0.357 e. The number of aromatic nitrogens is 2. The Labute approximate surface area is 90.1 Å². The molecule has 14 heavy (non-hydrogen) atoms. The average molecular weight is 214 g/mol. The molecule has 3 nitrogen and oxygen atoms in total. The lowest BCUT2D eigenvalue weighted by Crippen LogP contribution is -2.24. The van der Waals surface area contributed by atoms with E-state index in [0.29, 0.717) is 11.1 Å². The summed E-state index contributed by atoms with van der Waals surface area (Å²) in [6, 6.07) is 0. The Morgan fingerprint density at radius 1 is 1.43 bits per heavy atom. The van der Waals surface area contributed by atoms with Gasteiger partial charge in [0.25, 0.3) is 0 Å². The molecule has 1 aromatic heterocycles. The molecule has 78 valence electrons. The van der Waals surface area contributed by atoms with Gasteiger partial charge in [0.05, 0.1) is 0 Å². The normalized spacial score (nSPS) is 12.6. The third kappa shape index (κ3) is 2.84. The molecule has 0 aliphatic heterocycles. The van der Waals surface area contributed by atoms with Crippen LogP contribution in [0.2, 0.25) is 5.15 Å². The van der Waals surface area contributed by atoms with Gasteiger partial charge in [-0.2, -0.15) is 0 Å². The molecule has 0 fully saturated rings. The summed E-state index contributed by atoms with van der Waals surface area (Å²) in [6.07, 6.45) is 4.42. The van der Waals surface area contributed by atoms with E-state index in [4.69, 9.17) is 11.6 Å². The zero-order valence-corrected chi connectivity index (χ0v) is 9.62. The molecular formula is C10H16ClN3. The Morgan fingerprint density at radius 3 is 2.64 bits per heavy atom. The Hall–Kier alpha value is -0.830. The highest BCUT2D eigenvalue weighted by molar-refractivity contribution is 6.31. The third-order valence-corrected chi connectivity index (χ3v) is 2.55. The fraction of sp³-hybridized carbons (Fsp3) is 0.600. The van der Waals surface area contributed by atoms with Crippen LogP contribution in [0.5, 0.6) is 0 Å². The molecule has 1 heterocycles. The molecule has 0 spiro atoms. The van der Waals surface area contributed by atoms with Gasteiger partial charge in [-0.05, 0) is 5.92 Å². The number of nitrogens with zero attached hydrogens (tertiary/aromatic N) is 3. The molecule has 0 aromatic carbocycles. The van der Waals surface area contributed by atoms with Crippen molar-refractivity contribution in [3.05, 3.63) is 17.5 Å². The fourth-order valence-electron chi connectivity index (χ4n) is 1.25. The van der Waals surface area contributed by atoms with Crippen LogP contribution in [0.25, 0.3) is 0 Å². The number of rotatable bonds is 4. The summed E-state index contributed by atoms with van der Waals surface area (Å²) in [5.41, 5.74) is 0. The van der Waals surface area contributed by atoms with Crippen LogP contribution in [0.15, 0.2) is 12.4 Å². The molecule has 0 radical (unpaired) electrons.